The van der Waals surface area contributed by atoms with Crippen molar-refractivity contribution in [3.05, 3.63) is 34.3 Å². The van der Waals surface area contributed by atoms with Gasteiger partial charge in [-0.25, -0.2) is 4.79 Å². The summed E-state index contributed by atoms with van der Waals surface area (Å²) in [6, 6.07) is 4.60. The highest BCUT2D eigenvalue weighted by molar-refractivity contribution is 6.31. The highest BCUT2D eigenvalue weighted by Crippen LogP contribution is 2.25. The SMILES string of the molecule is COC(=O)c1cc(Cl)ccc1C(=O)C(C)(C)C. The second-order valence-corrected chi connectivity index (χ2v) is 5.20. The first-order valence-corrected chi connectivity index (χ1v) is 5.58. The van der Waals surface area contributed by atoms with E-state index in [0.717, 1.165) is 0 Å². The van der Waals surface area contributed by atoms with Gasteiger partial charge >= 0.3 is 5.97 Å². The van der Waals surface area contributed by atoms with Crippen LogP contribution in [-0.4, -0.2) is 18.9 Å². The van der Waals surface area contributed by atoms with Crippen LogP contribution in [0.2, 0.25) is 5.02 Å². The number of hydrogen-bond donors (Lipinski definition) is 0. The summed E-state index contributed by atoms with van der Waals surface area (Å²) in [6.45, 7) is 5.39. The maximum absolute atomic E-state index is 12.2. The molecular formula is C13H15ClO3. The molecule has 0 aliphatic rings. The van der Waals surface area contributed by atoms with Gasteiger partial charge in [0.05, 0.1) is 12.7 Å². The lowest BCUT2D eigenvalue weighted by molar-refractivity contribution is 0.0595. The average molecular weight is 255 g/mol. The Hall–Kier alpha value is -1.35. The summed E-state index contributed by atoms with van der Waals surface area (Å²) in [5, 5.41) is 0.399. The van der Waals surface area contributed by atoms with E-state index in [1.165, 1.54) is 13.2 Å². The smallest absolute Gasteiger partial charge is 0.338 e. The van der Waals surface area contributed by atoms with Crippen LogP contribution in [-0.2, 0) is 4.74 Å². The van der Waals surface area contributed by atoms with Crippen LogP contribution in [0, 0.1) is 5.41 Å². The van der Waals surface area contributed by atoms with E-state index in [0.29, 0.717) is 10.6 Å². The van der Waals surface area contributed by atoms with Gasteiger partial charge in [0.1, 0.15) is 0 Å². The summed E-state index contributed by atoms with van der Waals surface area (Å²) in [6.07, 6.45) is 0. The Bertz CT molecular complexity index is 458. The molecule has 0 saturated carbocycles. The van der Waals surface area contributed by atoms with Crippen LogP contribution in [0.25, 0.3) is 0 Å². The molecule has 1 rings (SSSR count). The Morgan fingerprint density at radius 3 is 2.24 bits per heavy atom. The predicted octanol–water partition coefficient (Wildman–Crippen LogP) is 3.36. The molecule has 0 unspecified atom stereocenters. The molecule has 0 aromatic heterocycles. The third kappa shape index (κ3) is 3.07. The molecule has 0 fully saturated rings. The largest absolute Gasteiger partial charge is 0.465 e. The summed E-state index contributed by atoms with van der Waals surface area (Å²) in [7, 11) is 1.27. The zero-order chi connectivity index (χ0) is 13.2. The predicted molar refractivity (Wildman–Crippen MR) is 66.6 cm³/mol. The quantitative estimate of drug-likeness (QED) is 0.600. The van der Waals surface area contributed by atoms with Crippen LogP contribution in [0.15, 0.2) is 18.2 Å². The lowest BCUT2D eigenvalue weighted by atomic mass is 9.85. The van der Waals surface area contributed by atoms with E-state index in [1.807, 2.05) is 0 Å². The number of methoxy groups -OCH3 is 1. The van der Waals surface area contributed by atoms with Crippen molar-refractivity contribution in [3.63, 3.8) is 0 Å². The number of carbonyl (C=O) groups excluding carboxylic acids is 2. The second kappa shape index (κ2) is 4.88. The molecule has 0 aliphatic heterocycles. The molecule has 92 valence electrons. The minimum absolute atomic E-state index is 0.116. The molecule has 0 radical (unpaired) electrons. The molecule has 4 heteroatoms. The summed E-state index contributed by atoms with van der Waals surface area (Å²) < 4.78 is 4.64. The van der Waals surface area contributed by atoms with Gasteiger partial charge in [0, 0.05) is 16.0 Å². The van der Waals surface area contributed by atoms with Gasteiger partial charge in [-0.1, -0.05) is 32.4 Å². The van der Waals surface area contributed by atoms with E-state index >= 15 is 0 Å². The zero-order valence-electron chi connectivity index (χ0n) is 10.3. The fraction of sp³-hybridized carbons (Fsp3) is 0.385. The summed E-state index contributed by atoms with van der Waals surface area (Å²) in [5.41, 5.74) is -0.00923. The number of halogens is 1. The minimum atomic E-state index is -0.559. The minimum Gasteiger partial charge on any atom is -0.465 e. The van der Waals surface area contributed by atoms with E-state index in [2.05, 4.69) is 4.74 Å². The van der Waals surface area contributed by atoms with E-state index in [-0.39, 0.29) is 11.3 Å². The standard InChI is InChI=1S/C13H15ClO3/c1-13(2,3)11(15)9-6-5-8(14)7-10(9)12(16)17-4/h5-7H,1-4H3. The van der Waals surface area contributed by atoms with Gasteiger partial charge in [0.2, 0.25) is 0 Å². The van der Waals surface area contributed by atoms with Gasteiger partial charge < -0.3 is 4.74 Å². The van der Waals surface area contributed by atoms with Crippen LogP contribution in [0.5, 0.6) is 0 Å². The van der Waals surface area contributed by atoms with Crippen LogP contribution < -0.4 is 0 Å². The Balaban J connectivity index is 3.34. The number of ketones is 1. The molecule has 0 spiro atoms. The number of esters is 1. The summed E-state index contributed by atoms with van der Waals surface area (Å²) >= 11 is 5.82. The molecule has 0 N–H and O–H groups in total. The first-order valence-electron chi connectivity index (χ1n) is 5.20. The molecule has 0 amide bonds. The van der Waals surface area contributed by atoms with Gasteiger partial charge in [0.25, 0.3) is 0 Å². The van der Waals surface area contributed by atoms with Crippen LogP contribution in [0.3, 0.4) is 0 Å². The number of benzene rings is 1. The van der Waals surface area contributed by atoms with Crippen molar-refractivity contribution < 1.29 is 14.3 Å². The molecule has 0 atom stereocenters. The molecule has 0 aliphatic carbocycles. The van der Waals surface area contributed by atoms with Crippen molar-refractivity contribution in [2.45, 2.75) is 20.8 Å². The van der Waals surface area contributed by atoms with Gasteiger partial charge in [-0.3, -0.25) is 4.79 Å². The number of hydrogen-bond acceptors (Lipinski definition) is 3. The Kier molecular flexibility index (Phi) is 3.94. The van der Waals surface area contributed by atoms with E-state index in [9.17, 15) is 9.59 Å². The first kappa shape index (κ1) is 13.7. The normalized spacial score (nSPS) is 11.1. The molecule has 0 bridgehead atoms. The van der Waals surface area contributed by atoms with Crippen molar-refractivity contribution in [1.29, 1.82) is 0 Å². The van der Waals surface area contributed by atoms with Crippen LogP contribution >= 0.6 is 11.6 Å². The average Bonchev–Trinajstić information content (AvgIpc) is 2.25. The molecular weight excluding hydrogens is 240 g/mol. The van der Waals surface area contributed by atoms with Gasteiger partial charge in [-0.2, -0.15) is 0 Å². The number of carbonyl (C=O) groups is 2. The van der Waals surface area contributed by atoms with Crippen molar-refractivity contribution in [3.8, 4) is 0 Å². The zero-order valence-corrected chi connectivity index (χ0v) is 11.1. The Morgan fingerprint density at radius 2 is 1.76 bits per heavy atom. The molecule has 3 nitrogen and oxygen atoms in total. The van der Waals surface area contributed by atoms with Crippen LogP contribution in [0.1, 0.15) is 41.5 Å². The van der Waals surface area contributed by atoms with E-state index in [4.69, 9.17) is 11.6 Å². The summed E-state index contributed by atoms with van der Waals surface area (Å²) in [5.74, 6) is -0.672. The fourth-order valence-corrected chi connectivity index (χ4v) is 1.57. The number of ether oxygens (including phenoxy) is 1. The van der Waals surface area contributed by atoms with Gasteiger partial charge in [-0.05, 0) is 18.2 Å². The fourth-order valence-electron chi connectivity index (χ4n) is 1.40. The third-order valence-corrected chi connectivity index (χ3v) is 2.55. The van der Waals surface area contributed by atoms with E-state index < -0.39 is 11.4 Å². The lowest BCUT2D eigenvalue weighted by Gasteiger charge is -2.18. The topological polar surface area (TPSA) is 43.4 Å². The summed E-state index contributed by atoms with van der Waals surface area (Å²) in [4.78, 5) is 23.8. The highest BCUT2D eigenvalue weighted by atomic mass is 35.5. The molecule has 0 heterocycles. The van der Waals surface area contributed by atoms with E-state index in [1.54, 1.807) is 32.9 Å². The maximum Gasteiger partial charge on any atom is 0.338 e. The van der Waals surface area contributed by atoms with Crippen molar-refractivity contribution >= 4 is 23.4 Å². The molecule has 1 aromatic carbocycles. The molecule has 0 saturated heterocycles. The van der Waals surface area contributed by atoms with Gasteiger partial charge in [-0.15, -0.1) is 0 Å². The third-order valence-electron chi connectivity index (χ3n) is 2.31. The lowest BCUT2D eigenvalue weighted by Crippen LogP contribution is -2.23. The highest BCUT2D eigenvalue weighted by Gasteiger charge is 2.27. The van der Waals surface area contributed by atoms with Crippen molar-refractivity contribution in [1.82, 2.24) is 0 Å². The van der Waals surface area contributed by atoms with Crippen LogP contribution in [0.4, 0.5) is 0 Å². The first-order chi connectivity index (χ1) is 7.77. The monoisotopic (exact) mass is 254 g/mol. The Labute approximate surface area is 106 Å². The van der Waals surface area contributed by atoms with Gasteiger partial charge in [0.15, 0.2) is 5.78 Å². The second-order valence-electron chi connectivity index (χ2n) is 4.76. The number of rotatable bonds is 2. The maximum atomic E-state index is 12.2. The van der Waals surface area contributed by atoms with Crippen molar-refractivity contribution in [2.75, 3.05) is 7.11 Å². The molecule has 1 aromatic rings. The molecule has 17 heavy (non-hydrogen) atoms. The Morgan fingerprint density at radius 1 is 1.18 bits per heavy atom. The number of Topliss-reactive ketones (excluding diaryl/α,β-unsaturated/α-hetero) is 1. The van der Waals surface area contributed by atoms with Crippen molar-refractivity contribution in [2.24, 2.45) is 5.41 Å².